The molecule has 0 saturated carbocycles. The Labute approximate surface area is 223 Å². The van der Waals surface area contributed by atoms with Crippen molar-refractivity contribution >= 4 is 28.2 Å². The summed E-state index contributed by atoms with van der Waals surface area (Å²) in [6, 6.07) is 9.75. The summed E-state index contributed by atoms with van der Waals surface area (Å²) in [5.41, 5.74) is 0.738. The molecule has 0 heterocycles. The van der Waals surface area contributed by atoms with Gasteiger partial charge in [-0.05, 0) is 77.6 Å². The summed E-state index contributed by atoms with van der Waals surface area (Å²) in [4.78, 5) is 0.0195. The smallest absolute Gasteiger partial charge is 0.231 e. The topological polar surface area (TPSA) is 74.6 Å². The van der Waals surface area contributed by atoms with Gasteiger partial charge in [0.25, 0.3) is 0 Å². The summed E-state index contributed by atoms with van der Waals surface area (Å²) >= 11 is 1.37. The zero-order chi connectivity index (χ0) is 27.3. The van der Waals surface area contributed by atoms with Gasteiger partial charge in [0.05, 0.1) is 26.1 Å². The Morgan fingerprint density at radius 3 is 1.56 bits per heavy atom. The molecule has 8 heteroatoms. The minimum atomic E-state index is -3.76. The maximum Gasteiger partial charge on any atom is 0.231 e. The first-order chi connectivity index (χ1) is 16.5. The molecule has 0 aromatic heterocycles. The molecule has 0 radical (unpaired) electrons. The number of aromatic hydroxyl groups is 2. The van der Waals surface area contributed by atoms with Crippen LogP contribution in [0, 0.1) is 25.5 Å². The highest BCUT2D eigenvalue weighted by molar-refractivity contribution is 14.2. The van der Waals surface area contributed by atoms with Gasteiger partial charge in [-0.2, -0.15) is 0 Å². The molecular weight excluding hydrogens is 597 g/mol. The molecule has 0 aliphatic heterocycles. The lowest BCUT2D eigenvalue weighted by atomic mass is 9.67. The van der Waals surface area contributed by atoms with Crippen LogP contribution in [0.1, 0.15) is 85.4 Å². The van der Waals surface area contributed by atoms with Gasteiger partial charge in [0.15, 0.2) is 23.1 Å². The van der Waals surface area contributed by atoms with Crippen LogP contribution in [0.4, 0.5) is 8.78 Å². The lowest BCUT2D eigenvalue weighted by molar-refractivity contribution is 0.416. The van der Waals surface area contributed by atoms with Crippen LogP contribution < -0.4 is 0 Å². The molecule has 0 saturated heterocycles. The van der Waals surface area contributed by atoms with Crippen LogP contribution in [-0.2, 0) is 12.4 Å². The highest BCUT2D eigenvalue weighted by atomic mass is 127. The van der Waals surface area contributed by atoms with Crippen LogP contribution in [0.5, 0.6) is 11.5 Å². The first-order valence-electron chi connectivity index (χ1n) is 11.6. The Morgan fingerprint density at radius 2 is 1.19 bits per heavy atom. The van der Waals surface area contributed by atoms with Crippen molar-refractivity contribution in [1.29, 1.82) is 0 Å². The zero-order valence-electron chi connectivity index (χ0n) is 21.4. The third-order valence-corrected chi connectivity index (χ3v) is 9.34. The summed E-state index contributed by atoms with van der Waals surface area (Å²) in [5.74, 6) is -3.01. The van der Waals surface area contributed by atoms with E-state index in [1.807, 2.05) is 27.7 Å². The van der Waals surface area contributed by atoms with Gasteiger partial charge in [0, 0.05) is 5.41 Å². The SMILES string of the molecule is Cc1c(C(C)(c2ccccc2S(=O)(=O)I)c2cc(C(C)C)c(O)c(F)c2C)cc(C(C)C)c(O)c1F. The van der Waals surface area contributed by atoms with Crippen molar-refractivity contribution in [3.05, 3.63) is 87.0 Å². The molecule has 194 valence electrons. The lowest BCUT2D eigenvalue weighted by Crippen LogP contribution is -2.30. The lowest BCUT2D eigenvalue weighted by Gasteiger charge is -2.37. The maximum absolute atomic E-state index is 15.5. The quantitative estimate of drug-likeness (QED) is 0.167. The van der Waals surface area contributed by atoms with E-state index in [1.165, 1.54) is 41.1 Å². The van der Waals surface area contributed by atoms with Crippen LogP contribution >= 0.6 is 21.2 Å². The van der Waals surface area contributed by atoms with Crippen molar-refractivity contribution in [2.24, 2.45) is 0 Å². The van der Waals surface area contributed by atoms with E-state index in [0.29, 0.717) is 27.8 Å². The molecule has 0 aliphatic carbocycles. The second-order valence-corrected chi connectivity index (χ2v) is 14.8. The molecule has 0 bridgehead atoms. The number of hydrogen-bond acceptors (Lipinski definition) is 4. The van der Waals surface area contributed by atoms with Crippen molar-refractivity contribution < 1.29 is 27.4 Å². The van der Waals surface area contributed by atoms with Gasteiger partial charge in [-0.25, -0.2) is 17.2 Å². The van der Waals surface area contributed by atoms with Crippen LogP contribution in [0.2, 0.25) is 0 Å². The van der Waals surface area contributed by atoms with Crippen LogP contribution in [0.25, 0.3) is 0 Å². The Hall–Kier alpha value is -2.20. The fraction of sp³-hybridized carbons (Fsp3) is 0.357. The number of phenols is 2. The fourth-order valence-electron chi connectivity index (χ4n) is 4.96. The predicted molar refractivity (Wildman–Crippen MR) is 147 cm³/mol. The molecule has 3 rings (SSSR count). The average molecular weight is 629 g/mol. The summed E-state index contributed by atoms with van der Waals surface area (Å²) < 4.78 is 56.7. The van der Waals surface area contributed by atoms with E-state index in [1.54, 1.807) is 37.3 Å². The Bertz CT molecular complexity index is 1380. The minimum absolute atomic E-state index is 0.0195. The largest absolute Gasteiger partial charge is 0.505 e. The molecule has 0 amide bonds. The minimum Gasteiger partial charge on any atom is -0.505 e. The van der Waals surface area contributed by atoms with Crippen LogP contribution in [0.3, 0.4) is 0 Å². The summed E-state index contributed by atoms with van der Waals surface area (Å²) in [5, 5.41) is 21.1. The zero-order valence-corrected chi connectivity index (χ0v) is 24.3. The van der Waals surface area contributed by atoms with Gasteiger partial charge in [-0.15, -0.1) is 0 Å². The van der Waals surface area contributed by atoms with Gasteiger partial charge < -0.3 is 10.2 Å². The highest BCUT2D eigenvalue weighted by Gasteiger charge is 2.41. The third-order valence-electron chi connectivity index (χ3n) is 7.04. The van der Waals surface area contributed by atoms with E-state index in [2.05, 4.69) is 0 Å². The Balaban J connectivity index is 2.66. The first kappa shape index (κ1) is 28.4. The van der Waals surface area contributed by atoms with Gasteiger partial charge >= 0.3 is 0 Å². The molecule has 0 unspecified atom stereocenters. The van der Waals surface area contributed by atoms with Gasteiger partial charge in [-0.1, -0.05) is 58.0 Å². The molecule has 4 nitrogen and oxygen atoms in total. The van der Waals surface area contributed by atoms with Gasteiger partial charge in [0.1, 0.15) is 0 Å². The monoisotopic (exact) mass is 628 g/mol. The molecule has 36 heavy (non-hydrogen) atoms. The van der Waals surface area contributed by atoms with E-state index in [4.69, 9.17) is 0 Å². The fourth-order valence-corrected chi connectivity index (χ4v) is 6.88. The highest BCUT2D eigenvalue weighted by Crippen LogP contribution is 2.49. The van der Waals surface area contributed by atoms with E-state index in [9.17, 15) is 18.6 Å². The summed E-state index contributed by atoms with van der Waals surface area (Å²) in [6.07, 6.45) is 0. The second-order valence-electron chi connectivity index (χ2n) is 9.97. The number of hydrogen-bond donors (Lipinski definition) is 2. The van der Waals surface area contributed by atoms with Crippen LogP contribution in [0.15, 0.2) is 41.3 Å². The summed E-state index contributed by atoms with van der Waals surface area (Å²) in [6.45, 7) is 12.0. The van der Waals surface area contributed by atoms with E-state index < -0.39 is 35.6 Å². The third kappa shape index (κ3) is 4.62. The average Bonchev–Trinajstić information content (AvgIpc) is 2.80. The van der Waals surface area contributed by atoms with Crippen molar-refractivity contribution in [1.82, 2.24) is 0 Å². The molecule has 3 aromatic rings. The molecule has 3 aromatic carbocycles. The normalized spacial score (nSPS) is 12.6. The molecule has 0 fully saturated rings. The standard InChI is InChI=1S/C28H31F2IO4S/c1-14(2)18-12-21(16(5)24(29)26(18)32)28(7,20-10-8-9-11-23(20)36(31,34)35)22-13-19(15(3)4)27(33)25(30)17(22)6/h8-15,32-33H,1-7H3. The summed E-state index contributed by atoms with van der Waals surface area (Å²) in [7, 11) is -3.76. The van der Waals surface area contributed by atoms with E-state index in [0.717, 1.165) is 0 Å². The number of rotatable bonds is 6. The second kappa shape index (κ2) is 9.93. The number of halogens is 3. The van der Waals surface area contributed by atoms with Crippen molar-refractivity contribution in [2.75, 3.05) is 0 Å². The number of benzene rings is 3. The maximum atomic E-state index is 15.5. The van der Waals surface area contributed by atoms with Crippen LogP contribution in [-0.4, -0.2) is 18.6 Å². The predicted octanol–water partition coefficient (Wildman–Crippen LogP) is 7.72. The molecular formula is C28H31F2IO4S. The first-order valence-corrected chi connectivity index (χ1v) is 15.7. The van der Waals surface area contributed by atoms with Gasteiger partial charge in [-0.3, -0.25) is 0 Å². The van der Waals surface area contributed by atoms with E-state index in [-0.39, 0.29) is 27.9 Å². The molecule has 0 spiro atoms. The van der Waals surface area contributed by atoms with Crippen molar-refractivity contribution in [3.8, 4) is 11.5 Å². The molecule has 2 N–H and O–H groups in total. The van der Waals surface area contributed by atoms with Crippen molar-refractivity contribution in [3.63, 3.8) is 0 Å². The Morgan fingerprint density at radius 1 is 0.806 bits per heavy atom. The van der Waals surface area contributed by atoms with E-state index >= 15 is 8.78 Å². The van der Waals surface area contributed by atoms with Crippen molar-refractivity contribution in [2.45, 2.75) is 70.6 Å². The Kier molecular flexibility index (Phi) is 7.82. The van der Waals surface area contributed by atoms with Gasteiger partial charge in [0.2, 0.25) is 7.01 Å². The molecule has 0 atom stereocenters. The number of phenolic OH excluding ortho intramolecular Hbond substituents is 2. The molecule has 0 aliphatic rings.